The van der Waals surface area contributed by atoms with Crippen LogP contribution in [0.1, 0.15) is 19.4 Å². The molecule has 0 aliphatic rings. The Bertz CT molecular complexity index is 325. The van der Waals surface area contributed by atoms with Crippen LogP contribution in [0.5, 0.6) is 11.5 Å². The van der Waals surface area contributed by atoms with E-state index in [9.17, 15) is 0 Å². The number of nitrogens with one attached hydrogen (secondary N) is 1. The van der Waals surface area contributed by atoms with Gasteiger partial charge in [-0.3, -0.25) is 0 Å². The van der Waals surface area contributed by atoms with Crippen LogP contribution in [0.3, 0.4) is 0 Å². The van der Waals surface area contributed by atoms with Crippen LogP contribution in [-0.2, 0) is 6.61 Å². The Balaban J connectivity index is 3.20. The molecular formula is C12H19NO3. The average molecular weight is 225 g/mol. The van der Waals surface area contributed by atoms with Gasteiger partial charge in [0, 0.05) is 6.04 Å². The fourth-order valence-electron chi connectivity index (χ4n) is 1.49. The first-order valence-corrected chi connectivity index (χ1v) is 5.24. The Hall–Kier alpha value is -1.42. The van der Waals surface area contributed by atoms with Crippen LogP contribution >= 0.6 is 0 Å². The highest BCUT2D eigenvalue weighted by molar-refractivity contribution is 5.67. The summed E-state index contributed by atoms with van der Waals surface area (Å²) in [6.07, 6.45) is 0. The molecule has 0 aliphatic carbocycles. The summed E-state index contributed by atoms with van der Waals surface area (Å²) < 4.78 is 10.6. The highest BCUT2D eigenvalue weighted by Crippen LogP contribution is 2.36. The van der Waals surface area contributed by atoms with Gasteiger partial charge in [0.25, 0.3) is 0 Å². The van der Waals surface area contributed by atoms with E-state index in [0.717, 1.165) is 11.3 Å². The number of rotatable bonds is 5. The Labute approximate surface area is 96.2 Å². The predicted octanol–water partition coefficient (Wildman–Crippen LogP) is 2.02. The molecule has 0 fully saturated rings. The molecule has 90 valence electrons. The summed E-state index contributed by atoms with van der Waals surface area (Å²) in [5.41, 5.74) is 1.58. The molecule has 4 heteroatoms. The molecule has 0 bridgehead atoms. The lowest BCUT2D eigenvalue weighted by molar-refractivity contribution is 0.280. The van der Waals surface area contributed by atoms with Crippen LogP contribution < -0.4 is 14.8 Å². The molecule has 0 atom stereocenters. The van der Waals surface area contributed by atoms with Gasteiger partial charge in [-0.1, -0.05) is 0 Å². The van der Waals surface area contributed by atoms with Gasteiger partial charge >= 0.3 is 0 Å². The van der Waals surface area contributed by atoms with Gasteiger partial charge in [-0.15, -0.1) is 0 Å². The molecule has 0 radical (unpaired) electrons. The Morgan fingerprint density at radius 2 is 1.69 bits per heavy atom. The summed E-state index contributed by atoms with van der Waals surface area (Å²) >= 11 is 0. The van der Waals surface area contributed by atoms with E-state index in [2.05, 4.69) is 5.32 Å². The zero-order chi connectivity index (χ0) is 12.1. The fraction of sp³-hybridized carbons (Fsp3) is 0.500. The topological polar surface area (TPSA) is 50.7 Å². The Morgan fingerprint density at radius 1 is 1.19 bits per heavy atom. The predicted molar refractivity (Wildman–Crippen MR) is 64.2 cm³/mol. The van der Waals surface area contributed by atoms with Crippen molar-refractivity contribution in [1.82, 2.24) is 0 Å². The van der Waals surface area contributed by atoms with Crippen LogP contribution in [0.2, 0.25) is 0 Å². The van der Waals surface area contributed by atoms with Gasteiger partial charge < -0.3 is 19.9 Å². The van der Waals surface area contributed by atoms with Crippen LogP contribution in [0.15, 0.2) is 12.1 Å². The SMILES string of the molecule is COc1cc(CO)cc(OC)c1NC(C)C. The first-order valence-electron chi connectivity index (χ1n) is 5.24. The minimum absolute atomic E-state index is 0.0331. The monoisotopic (exact) mass is 225 g/mol. The van der Waals surface area contributed by atoms with Crippen molar-refractivity contribution in [3.63, 3.8) is 0 Å². The second kappa shape index (κ2) is 5.61. The third-order valence-electron chi connectivity index (χ3n) is 2.18. The molecule has 16 heavy (non-hydrogen) atoms. The Kier molecular flexibility index (Phi) is 4.43. The molecule has 1 rings (SSSR count). The lowest BCUT2D eigenvalue weighted by atomic mass is 10.1. The first kappa shape index (κ1) is 12.6. The zero-order valence-electron chi connectivity index (χ0n) is 10.2. The number of aliphatic hydroxyl groups excluding tert-OH is 1. The molecule has 0 amide bonds. The summed E-state index contributed by atoms with van der Waals surface area (Å²) in [5.74, 6) is 1.36. The van der Waals surface area contributed by atoms with Crippen molar-refractivity contribution in [2.24, 2.45) is 0 Å². The van der Waals surface area contributed by atoms with Gasteiger partial charge in [0.2, 0.25) is 0 Å². The van der Waals surface area contributed by atoms with Crippen LogP contribution in [-0.4, -0.2) is 25.4 Å². The molecule has 2 N–H and O–H groups in total. The van der Waals surface area contributed by atoms with Gasteiger partial charge in [-0.2, -0.15) is 0 Å². The molecule has 0 unspecified atom stereocenters. The van der Waals surface area contributed by atoms with Gasteiger partial charge in [-0.05, 0) is 31.5 Å². The number of benzene rings is 1. The van der Waals surface area contributed by atoms with Crippen molar-refractivity contribution in [3.8, 4) is 11.5 Å². The van der Waals surface area contributed by atoms with Crippen LogP contribution in [0, 0.1) is 0 Å². The van der Waals surface area contributed by atoms with Gasteiger partial charge in [0.15, 0.2) is 0 Å². The van der Waals surface area contributed by atoms with E-state index >= 15 is 0 Å². The summed E-state index contributed by atoms with van der Waals surface area (Å²) in [6, 6.07) is 3.88. The van der Waals surface area contributed by atoms with E-state index < -0.39 is 0 Å². The summed E-state index contributed by atoms with van der Waals surface area (Å²) in [5, 5.41) is 12.4. The molecule has 0 saturated heterocycles. The summed E-state index contributed by atoms with van der Waals surface area (Å²) in [4.78, 5) is 0. The molecule has 1 aromatic carbocycles. The van der Waals surface area contributed by atoms with Crippen molar-refractivity contribution in [2.75, 3.05) is 19.5 Å². The first-order chi connectivity index (χ1) is 7.62. The minimum Gasteiger partial charge on any atom is -0.494 e. The number of hydrogen-bond donors (Lipinski definition) is 2. The molecule has 0 saturated carbocycles. The van der Waals surface area contributed by atoms with E-state index in [1.165, 1.54) is 0 Å². The van der Waals surface area contributed by atoms with Crippen LogP contribution in [0.25, 0.3) is 0 Å². The third kappa shape index (κ3) is 2.79. The molecule has 4 nitrogen and oxygen atoms in total. The van der Waals surface area contributed by atoms with Crippen molar-refractivity contribution in [2.45, 2.75) is 26.5 Å². The normalized spacial score (nSPS) is 10.4. The van der Waals surface area contributed by atoms with E-state index in [1.807, 2.05) is 13.8 Å². The minimum atomic E-state index is -0.0331. The molecule has 0 aliphatic heterocycles. The van der Waals surface area contributed by atoms with Crippen molar-refractivity contribution in [3.05, 3.63) is 17.7 Å². The van der Waals surface area contributed by atoms with E-state index in [4.69, 9.17) is 14.6 Å². The van der Waals surface area contributed by atoms with E-state index in [1.54, 1.807) is 26.4 Å². The Morgan fingerprint density at radius 3 is 2.00 bits per heavy atom. The third-order valence-corrected chi connectivity index (χ3v) is 2.18. The second-order valence-electron chi connectivity index (χ2n) is 3.83. The van der Waals surface area contributed by atoms with Gasteiger partial charge in [0.05, 0.1) is 20.8 Å². The summed E-state index contributed by atoms with van der Waals surface area (Å²) in [7, 11) is 3.20. The molecule has 0 spiro atoms. The highest BCUT2D eigenvalue weighted by atomic mass is 16.5. The molecule has 0 aromatic heterocycles. The van der Waals surface area contributed by atoms with Gasteiger partial charge in [-0.25, -0.2) is 0 Å². The molecule has 1 aromatic rings. The number of methoxy groups -OCH3 is 2. The summed E-state index contributed by atoms with van der Waals surface area (Å²) in [6.45, 7) is 4.05. The maximum absolute atomic E-state index is 9.12. The van der Waals surface area contributed by atoms with Crippen molar-refractivity contribution >= 4 is 5.69 Å². The average Bonchev–Trinajstić information content (AvgIpc) is 2.28. The molecular weight excluding hydrogens is 206 g/mol. The van der Waals surface area contributed by atoms with Crippen molar-refractivity contribution in [1.29, 1.82) is 0 Å². The fourth-order valence-corrected chi connectivity index (χ4v) is 1.49. The van der Waals surface area contributed by atoms with E-state index in [0.29, 0.717) is 11.5 Å². The quantitative estimate of drug-likeness (QED) is 0.805. The number of ether oxygens (including phenoxy) is 2. The number of hydrogen-bond acceptors (Lipinski definition) is 4. The highest BCUT2D eigenvalue weighted by Gasteiger charge is 2.12. The lowest BCUT2D eigenvalue weighted by Crippen LogP contribution is -2.12. The largest absolute Gasteiger partial charge is 0.494 e. The standard InChI is InChI=1S/C12H19NO3/c1-8(2)13-12-10(15-3)5-9(7-14)6-11(12)16-4/h5-6,8,13-14H,7H2,1-4H3. The maximum Gasteiger partial charge on any atom is 0.146 e. The smallest absolute Gasteiger partial charge is 0.146 e. The van der Waals surface area contributed by atoms with Gasteiger partial charge in [0.1, 0.15) is 17.2 Å². The van der Waals surface area contributed by atoms with Crippen LogP contribution in [0.4, 0.5) is 5.69 Å². The second-order valence-corrected chi connectivity index (χ2v) is 3.83. The molecule has 0 heterocycles. The van der Waals surface area contributed by atoms with E-state index in [-0.39, 0.29) is 12.6 Å². The lowest BCUT2D eigenvalue weighted by Gasteiger charge is -2.18. The maximum atomic E-state index is 9.12. The van der Waals surface area contributed by atoms with Crippen molar-refractivity contribution < 1.29 is 14.6 Å². The number of aliphatic hydroxyl groups is 1. The zero-order valence-corrected chi connectivity index (χ0v) is 10.2. The number of anilines is 1.